The Hall–Kier alpha value is -1.07. The average molecular weight is 254 g/mol. The average Bonchev–Trinajstić information content (AvgIpc) is 2.36. The first-order valence-corrected chi connectivity index (χ1v) is 6.64. The van der Waals surface area contributed by atoms with E-state index in [1.807, 2.05) is 25.1 Å². The molecule has 0 aliphatic rings. The molecule has 0 fully saturated rings. The Kier molecular flexibility index (Phi) is 6.65. The minimum absolute atomic E-state index is 0.184. The molecule has 0 radical (unpaired) electrons. The molecular weight excluding hydrogens is 236 g/mol. The zero-order valence-corrected chi connectivity index (χ0v) is 11.0. The van der Waals surface area contributed by atoms with Gasteiger partial charge in [-0.1, -0.05) is 6.07 Å². The lowest BCUT2D eigenvalue weighted by Gasteiger charge is -2.13. The summed E-state index contributed by atoms with van der Waals surface area (Å²) in [6.45, 7) is 2.23. The van der Waals surface area contributed by atoms with Crippen LogP contribution in [-0.2, 0) is 9.53 Å². The lowest BCUT2D eigenvalue weighted by atomic mass is 10.2. The van der Waals surface area contributed by atoms with Gasteiger partial charge in [-0.2, -0.15) is 0 Å². The zero-order chi connectivity index (χ0) is 12.5. The van der Waals surface area contributed by atoms with Crippen LogP contribution in [0.3, 0.4) is 0 Å². The van der Waals surface area contributed by atoms with Gasteiger partial charge in [0.2, 0.25) is 0 Å². The predicted molar refractivity (Wildman–Crippen MR) is 69.1 cm³/mol. The number of nitrogens with one attached hydrogen (secondary N) is 1. The standard InChI is InChI=1S/C12H18N2O2S/c1-3-16-12(15)10(13-2)7-9-17-11-6-4-5-8-14-11/h4-6,8,10,13H,3,7,9H2,1-2H3. The van der Waals surface area contributed by atoms with E-state index in [-0.39, 0.29) is 12.0 Å². The summed E-state index contributed by atoms with van der Waals surface area (Å²) in [4.78, 5) is 15.7. The van der Waals surface area contributed by atoms with Crippen LogP contribution in [0.5, 0.6) is 0 Å². The Bertz CT molecular complexity index is 333. The van der Waals surface area contributed by atoms with Crippen molar-refractivity contribution in [2.24, 2.45) is 0 Å². The number of carbonyl (C=O) groups is 1. The van der Waals surface area contributed by atoms with Crippen molar-refractivity contribution < 1.29 is 9.53 Å². The van der Waals surface area contributed by atoms with E-state index in [1.165, 1.54) is 0 Å². The quantitative estimate of drug-likeness (QED) is 0.593. The smallest absolute Gasteiger partial charge is 0.323 e. The highest BCUT2D eigenvalue weighted by molar-refractivity contribution is 7.99. The molecule has 0 saturated carbocycles. The molecule has 0 aromatic carbocycles. The summed E-state index contributed by atoms with van der Waals surface area (Å²) in [5, 5.41) is 3.94. The number of carbonyl (C=O) groups excluding carboxylic acids is 1. The first-order chi connectivity index (χ1) is 8.27. The molecule has 4 nitrogen and oxygen atoms in total. The van der Waals surface area contributed by atoms with Gasteiger partial charge in [0.1, 0.15) is 6.04 Å². The molecule has 0 spiro atoms. The number of pyridine rings is 1. The summed E-state index contributed by atoms with van der Waals surface area (Å²) < 4.78 is 4.97. The number of ether oxygens (including phenoxy) is 1. The molecule has 94 valence electrons. The number of aromatic nitrogens is 1. The summed E-state index contributed by atoms with van der Waals surface area (Å²) in [6.07, 6.45) is 2.50. The summed E-state index contributed by atoms with van der Waals surface area (Å²) in [5.74, 6) is 0.651. The van der Waals surface area contributed by atoms with Crippen LogP contribution in [0.1, 0.15) is 13.3 Å². The van der Waals surface area contributed by atoms with Crippen LogP contribution < -0.4 is 5.32 Å². The Morgan fingerprint density at radius 3 is 3.00 bits per heavy atom. The van der Waals surface area contributed by atoms with Crippen molar-refractivity contribution in [3.8, 4) is 0 Å². The minimum Gasteiger partial charge on any atom is -0.465 e. The van der Waals surface area contributed by atoms with Gasteiger partial charge < -0.3 is 10.1 Å². The first-order valence-electron chi connectivity index (χ1n) is 5.65. The third kappa shape index (κ3) is 5.19. The van der Waals surface area contributed by atoms with Crippen LogP contribution in [0.2, 0.25) is 0 Å². The van der Waals surface area contributed by atoms with E-state index in [0.29, 0.717) is 6.61 Å². The molecule has 1 rings (SSSR count). The van der Waals surface area contributed by atoms with Crippen molar-refractivity contribution in [2.75, 3.05) is 19.4 Å². The number of likely N-dealkylation sites (N-methyl/N-ethyl adjacent to an activating group) is 1. The third-order valence-corrected chi connectivity index (χ3v) is 3.19. The normalized spacial score (nSPS) is 12.1. The van der Waals surface area contributed by atoms with Gasteiger partial charge in [0.15, 0.2) is 0 Å². The van der Waals surface area contributed by atoms with Crippen molar-refractivity contribution >= 4 is 17.7 Å². The maximum absolute atomic E-state index is 11.5. The van der Waals surface area contributed by atoms with E-state index >= 15 is 0 Å². The molecule has 0 aliphatic carbocycles. The zero-order valence-electron chi connectivity index (χ0n) is 10.2. The molecule has 0 bridgehead atoms. The fourth-order valence-electron chi connectivity index (χ4n) is 1.34. The molecule has 5 heteroatoms. The van der Waals surface area contributed by atoms with Gasteiger partial charge in [-0.15, -0.1) is 11.8 Å². The fourth-order valence-corrected chi connectivity index (χ4v) is 2.21. The molecular formula is C12H18N2O2S. The van der Waals surface area contributed by atoms with E-state index in [2.05, 4.69) is 10.3 Å². The van der Waals surface area contributed by atoms with Gasteiger partial charge in [0.05, 0.1) is 11.6 Å². The van der Waals surface area contributed by atoms with Crippen LogP contribution in [-0.4, -0.2) is 36.4 Å². The summed E-state index contributed by atoms with van der Waals surface area (Å²) in [6, 6.07) is 5.57. The largest absolute Gasteiger partial charge is 0.465 e. The van der Waals surface area contributed by atoms with Gasteiger partial charge >= 0.3 is 5.97 Å². The van der Waals surface area contributed by atoms with Gasteiger partial charge in [-0.25, -0.2) is 4.98 Å². The molecule has 1 N–H and O–H groups in total. The van der Waals surface area contributed by atoms with Gasteiger partial charge in [0.25, 0.3) is 0 Å². The van der Waals surface area contributed by atoms with Gasteiger partial charge in [-0.3, -0.25) is 4.79 Å². The van der Waals surface area contributed by atoms with E-state index < -0.39 is 0 Å². The second-order valence-electron chi connectivity index (χ2n) is 3.40. The predicted octanol–water partition coefficient (Wildman–Crippen LogP) is 1.71. The van der Waals surface area contributed by atoms with Crippen molar-refractivity contribution in [3.05, 3.63) is 24.4 Å². The molecule has 17 heavy (non-hydrogen) atoms. The highest BCUT2D eigenvalue weighted by atomic mass is 32.2. The summed E-state index contributed by atoms with van der Waals surface area (Å²) in [5.41, 5.74) is 0. The van der Waals surface area contributed by atoms with Crippen molar-refractivity contribution in [3.63, 3.8) is 0 Å². The molecule has 1 atom stereocenters. The molecule has 0 saturated heterocycles. The highest BCUT2D eigenvalue weighted by Crippen LogP contribution is 2.15. The molecule has 1 aromatic heterocycles. The number of esters is 1. The van der Waals surface area contributed by atoms with Gasteiger partial charge in [-0.05, 0) is 32.5 Å². The highest BCUT2D eigenvalue weighted by Gasteiger charge is 2.16. The summed E-state index contributed by atoms with van der Waals surface area (Å²) in [7, 11) is 1.77. The molecule has 0 aliphatic heterocycles. The Labute approximate surface area is 106 Å². The third-order valence-electron chi connectivity index (χ3n) is 2.21. The maximum atomic E-state index is 11.5. The Morgan fingerprint density at radius 1 is 1.59 bits per heavy atom. The molecule has 1 aromatic rings. The maximum Gasteiger partial charge on any atom is 0.323 e. The second-order valence-corrected chi connectivity index (χ2v) is 4.51. The monoisotopic (exact) mass is 254 g/mol. The first kappa shape index (κ1) is 14.0. The number of rotatable bonds is 7. The van der Waals surface area contributed by atoms with E-state index in [9.17, 15) is 4.79 Å². The minimum atomic E-state index is -0.230. The topological polar surface area (TPSA) is 51.2 Å². The van der Waals surface area contributed by atoms with E-state index in [0.717, 1.165) is 17.2 Å². The van der Waals surface area contributed by atoms with E-state index in [4.69, 9.17) is 4.74 Å². The van der Waals surface area contributed by atoms with Crippen molar-refractivity contribution in [1.29, 1.82) is 0 Å². The molecule has 0 amide bonds. The van der Waals surface area contributed by atoms with Crippen LogP contribution in [0.25, 0.3) is 0 Å². The van der Waals surface area contributed by atoms with Crippen molar-refractivity contribution in [1.82, 2.24) is 10.3 Å². The van der Waals surface area contributed by atoms with Crippen molar-refractivity contribution in [2.45, 2.75) is 24.4 Å². The van der Waals surface area contributed by atoms with Gasteiger partial charge in [0, 0.05) is 11.9 Å². The van der Waals surface area contributed by atoms with Crippen LogP contribution in [0, 0.1) is 0 Å². The Balaban J connectivity index is 2.31. The molecule has 1 unspecified atom stereocenters. The summed E-state index contributed by atoms with van der Waals surface area (Å²) >= 11 is 1.64. The number of thioether (sulfide) groups is 1. The SMILES string of the molecule is CCOC(=O)C(CCSc1ccccn1)NC. The number of hydrogen-bond acceptors (Lipinski definition) is 5. The number of hydrogen-bond donors (Lipinski definition) is 1. The fraction of sp³-hybridized carbons (Fsp3) is 0.500. The number of nitrogens with zero attached hydrogens (tertiary/aromatic N) is 1. The van der Waals surface area contributed by atoms with E-state index in [1.54, 1.807) is 25.0 Å². The van der Waals surface area contributed by atoms with Crippen LogP contribution in [0.4, 0.5) is 0 Å². The van der Waals surface area contributed by atoms with Crippen LogP contribution >= 0.6 is 11.8 Å². The lowest BCUT2D eigenvalue weighted by molar-refractivity contribution is -0.145. The lowest BCUT2D eigenvalue weighted by Crippen LogP contribution is -2.36. The molecule has 1 heterocycles. The Morgan fingerprint density at radius 2 is 2.41 bits per heavy atom. The van der Waals surface area contributed by atoms with Crippen LogP contribution in [0.15, 0.2) is 29.4 Å². The second kappa shape index (κ2) is 8.08.